The first kappa shape index (κ1) is 12.6. The normalized spacial score (nSPS) is 11.9. The zero-order valence-electron chi connectivity index (χ0n) is 8.23. The SMILES string of the molecule is CC(C)Oc1ccc(I)cc1C(F)(F)F. The second-order valence-electron chi connectivity index (χ2n) is 3.30. The predicted molar refractivity (Wildman–Crippen MR) is 59.9 cm³/mol. The van der Waals surface area contributed by atoms with Crippen molar-refractivity contribution < 1.29 is 17.9 Å². The van der Waals surface area contributed by atoms with Gasteiger partial charge in [0.25, 0.3) is 0 Å². The van der Waals surface area contributed by atoms with Crippen molar-refractivity contribution in [2.45, 2.75) is 26.1 Å². The molecule has 0 saturated carbocycles. The molecule has 1 rings (SSSR count). The molecule has 0 aliphatic carbocycles. The Morgan fingerprint density at radius 2 is 1.87 bits per heavy atom. The predicted octanol–water partition coefficient (Wildman–Crippen LogP) is 4.10. The average molecular weight is 330 g/mol. The van der Waals surface area contributed by atoms with Gasteiger partial charge in [0, 0.05) is 3.57 Å². The summed E-state index contributed by atoms with van der Waals surface area (Å²) in [6.45, 7) is 3.39. The van der Waals surface area contributed by atoms with Crippen LogP contribution in [0.25, 0.3) is 0 Å². The summed E-state index contributed by atoms with van der Waals surface area (Å²) in [5.74, 6) is -0.113. The second-order valence-corrected chi connectivity index (χ2v) is 4.55. The Bertz CT molecular complexity index is 347. The largest absolute Gasteiger partial charge is 0.490 e. The molecule has 1 aromatic carbocycles. The molecule has 0 unspecified atom stereocenters. The smallest absolute Gasteiger partial charge is 0.419 e. The van der Waals surface area contributed by atoms with Crippen LogP contribution in [0.4, 0.5) is 13.2 Å². The number of alkyl halides is 3. The molecule has 1 aromatic rings. The first-order valence-corrected chi connectivity index (χ1v) is 5.42. The Balaban J connectivity index is 3.15. The molecule has 0 spiro atoms. The van der Waals surface area contributed by atoms with Gasteiger partial charge >= 0.3 is 6.18 Å². The van der Waals surface area contributed by atoms with Crippen molar-refractivity contribution in [1.29, 1.82) is 0 Å². The zero-order valence-corrected chi connectivity index (χ0v) is 10.4. The molecular weight excluding hydrogens is 320 g/mol. The molecule has 0 fully saturated rings. The lowest BCUT2D eigenvalue weighted by atomic mass is 10.2. The van der Waals surface area contributed by atoms with Crippen LogP contribution in [0.2, 0.25) is 0 Å². The van der Waals surface area contributed by atoms with Crippen LogP contribution in [0.3, 0.4) is 0 Å². The highest BCUT2D eigenvalue weighted by Crippen LogP contribution is 2.37. The summed E-state index contributed by atoms with van der Waals surface area (Å²) in [5, 5.41) is 0. The van der Waals surface area contributed by atoms with Gasteiger partial charge in [-0.1, -0.05) is 0 Å². The molecule has 0 heterocycles. The van der Waals surface area contributed by atoms with Gasteiger partial charge in [-0.25, -0.2) is 0 Å². The average Bonchev–Trinajstić information content (AvgIpc) is 2.05. The van der Waals surface area contributed by atoms with Gasteiger partial charge in [0.1, 0.15) is 5.75 Å². The minimum absolute atomic E-state index is 0.113. The Morgan fingerprint density at radius 1 is 1.27 bits per heavy atom. The van der Waals surface area contributed by atoms with E-state index >= 15 is 0 Å². The second kappa shape index (κ2) is 4.59. The molecule has 0 aliphatic rings. The van der Waals surface area contributed by atoms with Gasteiger partial charge in [-0.15, -0.1) is 0 Å². The Morgan fingerprint density at radius 3 is 2.33 bits per heavy atom. The lowest BCUT2D eigenvalue weighted by Gasteiger charge is -2.16. The molecule has 84 valence electrons. The minimum Gasteiger partial charge on any atom is -0.490 e. The van der Waals surface area contributed by atoms with Gasteiger partial charge in [0.15, 0.2) is 0 Å². The molecule has 0 aromatic heterocycles. The summed E-state index contributed by atoms with van der Waals surface area (Å²) in [4.78, 5) is 0. The zero-order chi connectivity index (χ0) is 11.6. The van der Waals surface area contributed by atoms with Crippen molar-refractivity contribution in [3.63, 3.8) is 0 Å². The Hall–Kier alpha value is -0.460. The number of hydrogen-bond acceptors (Lipinski definition) is 1. The summed E-state index contributed by atoms with van der Waals surface area (Å²) in [7, 11) is 0. The van der Waals surface area contributed by atoms with Crippen LogP contribution in [0.1, 0.15) is 19.4 Å². The fourth-order valence-corrected chi connectivity index (χ4v) is 1.57. The number of ether oxygens (including phenoxy) is 1. The van der Waals surface area contributed by atoms with Crippen LogP contribution in [0.5, 0.6) is 5.75 Å². The number of benzene rings is 1. The Kier molecular flexibility index (Phi) is 3.86. The van der Waals surface area contributed by atoms with E-state index in [0.29, 0.717) is 3.57 Å². The maximum Gasteiger partial charge on any atom is 0.419 e. The van der Waals surface area contributed by atoms with Crippen LogP contribution in [-0.2, 0) is 6.18 Å². The lowest BCUT2D eigenvalue weighted by molar-refractivity contribution is -0.139. The number of rotatable bonds is 2. The monoisotopic (exact) mass is 330 g/mol. The number of halogens is 4. The van der Waals surface area contributed by atoms with Crippen molar-refractivity contribution >= 4 is 22.6 Å². The first-order valence-electron chi connectivity index (χ1n) is 4.34. The third kappa shape index (κ3) is 3.55. The van der Waals surface area contributed by atoms with Crippen molar-refractivity contribution in [2.75, 3.05) is 0 Å². The fourth-order valence-electron chi connectivity index (χ4n) is 1.08. The fraction of sp³-hybridized carbons (Fsp3) is 0.400. The van der Waals surface area contributed by atoms with Crippen molar-refractivity contribution in [3.05, 3.63) is 27.3 Å². The number of hydrogen-bond donors (Lipinski definition) is 0. The maximum absolute atomic E-state index is 12.6. The molecule has 0 radical (unpaired) electrons. The van der Waals surface area contributed by atoms with E-state index in [-0.39, 0.29) is 11.9 Å². The maximum atomic E-state index is 12.6. The van der Waals surface area contributed by atoms with Crippen molar-refractivity contribution in [3.8, 4) is 5.75 Å². The summed E-state index contributed by atoms with van der Waals surface area (Å²) in [5.41, 5.74) is -0.719. The highest BCUT2D eigenvalue weighted by atomic mass is 127. The summed E-state index contributed by atoms with van der Waals surface area (Å²) >= 11 is 1.84. The first-order chi connectivity index (χ1) is 6.80. The van der Waals surface area contributed by atoms with Gasteiger partial charge in [0.2, 0.25) is 0 Å². The van der Waals surface area contributed by atoms with E-state index in [2.05, 4.69) is 0 Å². The van der Waals surface area contributed by atoms with E-state index < -0.39 is 11.7 Å². The topological polar surface area (TPSA) is 9.23 Å². The molecule has 0 saturated heterocycles. The van der Waals surface area contributed by atoms with Crippen LogP contribution in [0, 0.1) is 3.57 Å². The molecular formula is C10H10F3IO. The van der Waals surface area contributed by atoms with E-state index in [4.69, 9.17) is 4.74 Å². The van der Waals surface area contributed by atoms with E-state index in [1.54, 1.807) is 19.9 Å². The molecule has 0 bridgehead atoms. The third-order valence-corrected chi connectivity index (χ3v) is 2.28. The van der Waals surface area contributed by atoms with Crippen molar-refractivity contribution in [1.82, 2.24) is 0 Å². The molecule has 0 aliphatic heterocycles. The molecule has 5 heteroatoms. The van der Waals surface area contributed by atoms with E-state index in [9.17, 15) is 13.2 Å². The van der Waals surface area contributed by atoms with Gasteiger partial charge in [-0.3, -0.25) is 0 Å². The van der Waals surface area contributed by atoms with Crippen LogP contribution < -0.4 is 4.74 Å². The van der Waals surface area contributed by atoms with Gasteiger partial charge in [-0.2, -0.15) is 13.2 Å². The van der Waals surface area contributed by atoms with E-state index in [1.165, 1.54) is 6.07 Å². The highest BCUT2D eigenvalue weighted by Gasteiger charge is 2.34. The quantitative estimate of drug-likeness (QED) is 0.742. The van der Waals surface area contributed by atoms with Gasteiger partial charge < -0.3 is 4.74 Å². The molecule has 15 heavy (non-hydrogen) atoms. The van der Waals surface area contributed by atoms with Gasteiger partial charge in [-0.05, 0) is 54.6 Å². The molecule has 0 N–H and O–H groups in total. The van der Waals surface area contributed by atoms with Crippen molar-refractivity contribution in [2.24, 2.45) is 0 Å². The lowest BCUT2D eigenvalue weighted by Crippen LogP contribution is -2.13. The third-order valence-electron chi connectivity index (χ3n) is 1.61. The van der Waals surface area contributed by atoms with Crippen LogP contribution in [0.15, 0.2) is 18.2 Å². The summed E-state index contributed by atoms with van der Waals surface area (Å²) < 4.78 is 43.4. The molecule has 0 amide bonds. The molecule has 1 nitrogen and oxygen atoms in total. The van der Waals surface area contributed by atoms with E-state index in [1.807, 2.05) is 22.6 Å². The minimum atomic E-state index is -4.37. The Labute approximate surface area is 99.8 Å². The van der Waals surface area contributed by atoms with E-state index in [0.717, 1.165) is 6.07 Å². The highest BCUT2D eigenvalue weighted by molar-refractivity contribution is 14.1. The standard InChI is InChI=1S/C10H10F3IO/c1-6(2)15-9-4-3-7(14)5-8(9)10(11,12)13/h3-6H,1-2H3. The van der Waals surface area contributed by atoms with Crippen LogP contribution >= 0.6 is 22.6 Å². The van der Waals surface area contributed by atoms with Gasteiger partial charge in [0.05, 0.1) is 11.7 Å². The summed E-state index contributed by atoms with van der Waals surface area (Å²) in [6, 6.07) is 4.02. The molecule has 0 atom stereocenters. The van der Waals surface area contributed by atoms with Crippen LogP contribution in [-0.4, -0.2) is 6.10 Å². The summed E-state index contributed by atoms with van der Waals surface area (Å²) in [6.07, 6.45) is -4.64.